The Morgan fingerprint density at radius 1 is 0.739 bits per heavy atom. The van der Waals surface area contributed by atoms with Crippen LogP contribution in [0.3, 0.4) is 0 Å². The van der Waals surface area contributed by atoms with Crippen LogP contribution in [0.1, 0.15) is 68.2 Å². The highest BCUT2D eigenvalue weighted by molar-refractivity contribution is 5.51. The summed E-state index contributed by atoms with van der Waals surface area (Å²) in [6, 6.07) is 12.0. The minimum Gasteiger partial charge on any atom is -0.507 e. The molecule has 2 heteroatoms. The molecule has 2 aromatic carbocycles. The van der Waals surface area contributed by atoms with Crippen molar-refractivity contribution >= 4 is 0 Å². The van der Waals surface area contributed by atoms with Gasteiger partial charge in [-0.1, -0.05) is 70.0 Å². The van der Waals surface area contributed by atoms with Crippen LogP contribution in [-0.4, -0.2) is 10.2 Å². The largest absolute Gasteiger partial charge is 0.507 e. The predicted molar refractivity (Wildman–Crippen MR) is 96.3 cm³/mol. The summed E-state index contributed by atoms with van der Waals surface area (Å²) in [5.41, 5.74) is 3.82. The second-order valence-electron chi connectivity index (χ2n) is 6.17. The average Bonchev–Trinajstić information content (AvgIpc) is 2.55. The van der Waals surface area contributed by atoms with Gasteiger partial charge in [0, 0.05) is 17.0 Å². The molecule has 0 bridgehead atoms. The maximum atomic E-state index is 10.7. The van der Waals surface area contributed by atoms with E-state index in [9.17, 15) is 10.2 Å². The molecule has 23 heavy (non-hydrogen) atoms. The molecule has 0 aliphatic carbocycles. The summed E-state index contributed by atoms with van der Waals surface area (Å²) in [4.78, 5) is 0. The highest BCUT2D eigenvalue weighted by Gasteiger charge is 2.21. The molecule has 124 valence electrons. The van der Waals surface area contributed by atoms with Crippen LogP contribution in [0.25, 0.3) is 0 Å². The van der Waals surface area contributed by atoms with E-state index in [0.717, 1.165) is 54.4 Å². The summed E-state index contributed by atoms with van der Waals surface area (Å²) < 4.78 is 0. The van der Waals surface area contributed by atoms with E-state index in [0.29, 0.717) is 11.5 Å². The Morgan fingerprint density at radius 3 is 1.52 bits per heavy atom. The highest BCUT2D eigenvalue weighted by Crippen LogP contribution is 2.40. The van der Waals surface area contributed by atoms with Crippen molar-refractivity contribution in [2.75, 3.05) is 0 Å². The van der Waals surface area contributed by atoms with Gasteiger partial charge in [-0.3, -0.25) is 0 Å². The minimum atomic E-state index is 0.0172. The second kappa shape index (κ2) is 8.05. The summed E-state index contributed by atoms with van der Waals surface area (Å²) in [6.45, 7) is 6.33. The number of phenolic OH excluding ortho intramolecular Hbond substituents is 2. The summed E-state index contributed by atoms with van der Waals surface area (Å²) in [7, 11) is 0. The van der Waals surface area contributed by atoms with E-state index < -0.39 is 0 Å². The van der Waals surface area contributed by atoms with Crippen molar-refractivity contribution in [1.29, 1.82) is 0 Å². The van der Waals surface area contributed by atoms with Crippen LogP contribution in [0.5, 0.6) is 11.5 Å². The zero-order chi connectivity index (χ0) is 16.8. The van der Waals surface area contributed by atoms with E-state index in [-0.39, 0.29) is 5.92 Å². The van der Waals surface area contributed by atoms with Gasteiger partial charge in [0.25, 0.3) is 0 Å². The molecule has 0 saturated heterocycles. The molecule has 0 aliphatic heterocycles. The number of aryl methyl sites for hydroxylation is 2. The molecule has 0 aromatic heterocycles. The number of rotatable bonds is 7. The Labute approximate surface area is 139 Å². The number of hydrogen-bond acceptors (Lipinski definition) is 2. The van der Waals surface area contributed by atoms with Gasteiger partial charge in [0.15, 0.2) is 0 Å². The molecule has 2 rings (SSSR count). The van der Waals surface area contributed by atoms with Crippen LogP contribution in [-0.2, 0) is 12.8 Å². The Morgan fingerprint density at radius 2 is 1.17 bits per heavy atom. The SMILES string of the molecule is CCCc1cccc(C(CC)c2cccc(CCC)c2O)c1O. The molecule has 2 nitrogen and oxygen atoms in total. The number of hydrogen-bond donors (Lipinski definition) is 2. The second-order valence-corrected chi connectivity index (χ2v) is 6.17. The molecular weight excluding hydrogens is 284 g/mol. The van der Waals surface area contributed by atoms with Crippen LogP contribution in [0.15, 0.2) is 36.4 Å². The zero-order valence-corrected chi connectivity index (χ0v) is 14.5. The van der Waals surface area contributed by atoms with Crippen molar-refractivity contribution in [1.82, 2.24) is 0 Å². The quantitative estimate of drug-likeness (QED) is 0.704. The first-order valence-electron chi connectivity index (χ1n) is 8.75. The lowest BCUT2D eigenvalue weighted by Crippen LogP contribution is -2.03. The van der Waals surface area contributed by atoms with Gasteiger partial charge < -0.3 is 10.2 Å². The Kier molecular flexibility index (Phi) is 6.09. The molecular formula is C21H28O2. The van der Waals surface area contributed by atoms with Gasteiger partial charge in [-0.2, -0.15) is 0 Å². The van der Waals surface area contributed by atoms with E-state index in [2.05, 4.69) is 20.8 Å². The molecule has 2 N–H and O–H groups in total. The van der Waals surface area contributed by atoms with E-state index in [1.54, 1.807) is 0 Å². The minimum absolute atomic E-state index is 0.0172. The first kappa shape index (κ1) is 17.4. The molecule has 0 amide bonds. The molecule has 0 atom stereocenters. The van der Waals surface area contributed by atoms with Crippen molar-refractivity contribution < 1.29 is 10.2 Å². The van der Waals surface area contributed by atoms with Crippen molar-refractivity contribution in [3.8, 4) is 11.5 Å². The summed E-state index contributed by atoms with van der Waals surface area (Å²) in [5.74, 6) is 0.798. The molecule has 0 radical (unpaired) electrons. The van der Waals surface area contributed by atoms with E-state index in [1.165, 1.54) is 0 Å². The maximum absolute atomic E-state index is 10.7. The monoisotopic (exact) mass is 312 g/mol. The van der Waals surface area contributed by atoms with Gasteiger partial charge >= 0.3 is 0 Å². The molecule has 0 unspecified atom stereocenters. The van der Waals surface area contributed by atoms with E-state index in [4.69, 9.17) is 0 Å². The van der Waals surface area contributed by atoms with E-state index in [1.807, 2.05) is 36.4 Å². The first-order valence-corrected chi connectivity index (χ1v) is 8.75. The average molecular weight is 312 g/mol. The maximum Gasteiger partial charge on any atom is 0.122 e. The summed E-state index contributed by atoms with van der Waals surface area (Å²) >= 11 is 0. The topological polar surface area (TPSA) is 40.5 Å². The van der Waals surface area contributed by atoms with Gasteiger partial charge in [-0.15, -0.1) is 0 Å². The van der Waals surface area contributed by atoms with Crippen LogP contribution in [0.2, 0.25) is 0 Å². The van der Waals surface area contributed by atoms with Crippen LogP contribution < -0.4 is 0 Å². The van der Waals surface area contributed by atoms with Crippen molar-refractivity contribution in [2.45, 2.75) is 58.8 Å². The van der Waals surface area contributed by atoms with Crippen LogP contribution in [0, 0.1) is 0 Å². The predicted octanol–water partition coefficient (Wildman–Crippen LogP) is 5.54. The van der Waals surface area contributed by atoms with Gasteiger partial charge in [0.05, 0.1) is 0 Å². The molecule has 0 saturated carbocycles. The third-order valence-electron chi connectivity index (χ3n) is 4.50. The van der Waals surface area contributed by atoms with Gasteiger partial charge in [-0.25, -0.2) is 0 Å². The number of aromatic hydroxyl groups is 2. The molecule has 0 spiro atoms. The van der Waals surface area contributed by atoms with Crippen molar-refractivity contribution in [3.05, 3.63) is 58.7 Å². The standard InChI is InChI=1S/C21H28O2/c1-4-9-15-11-7-13-18(20(15)22)17(6-3)19-14-8-12-16(10-5-2)21(19)23/h7-8,11-14,17,22-23H,4-6,9-10H2,1-3H3. The van der Waals surface area contributed by atoms with Crippen LogP contribution in [0.4, 0.5) is 0 Å². The fourth-order valence-corrected chi connectivity index (χ4v) is 3.33. The van der Waals surface area contributed by atoms with Crippen molar-refractivity contribution in [3.63, 3.8) is 0 Å². The summed E-state index contributed by atoms with van der Waals surface area (Å²) in [5, 5.41) is 21.3. The Balaban J connectivity index is 2.49. The molecule has 2 aromatic rings. The lowest BCUT2D eigenvalue weighted by Gasteiger charge is -2.21. The van der Waals surface area contributed by atoms with Crippen LogP contribution >= 0.6 is 0 Å². The molecule has 0 aliphatic rings. The van der Waals surface area contributed by atoms with Gasteiger partial charge in [-0.05, 0) is 30.4 Å². The lowest BCUT2D eigenvalue weighted by molar-refractivity contribution is 0.445. The van der Waals surface area contributed by atoms with E-state index >= 15 is 0 Å². The smallest absolute Gasteiger partial charge is 0.122 e. The molecule has 0 fully saturated rings. The number of phenols is 2. The Bertz CT molecular complexity index is 591. The fourth-order valence-electron chi connectivity index (χ4n) is 3.33. The summed E-state index contributed by atoms with van der Waals surface area (Å²) in [6.07, 6.45) is 4.60. The number of benzene rings is 2. The highest BCUT2D eigenvalue weighted by atomic mass is 16.3. The first-order chi connectivity index (χ1) is 11.1. The molecule has 0 heterocycles. The lowest BCUT2D eigenvalue weighted by atomic mass is 9.85. The third kappa shape index (κ3) is 3.69. The number of para-hydroxylation sites is 2. The zero-order valence-electron chi connectivity index (χ0n) is 14.5. The Hall–Kier alpha value is -1.96. The third-order valence-corrected chi connectivity index (χ3v) is 4.50. The fraction of sp³-hybridized carbons (Fsp3) is 0.429. The normalized spacial score (nSPS) is 11.1. The van der Waals surface area contributed by atoms with Crippen molar-refractivity contribution in [2.24, 2.45) is 0 Å². The van der Waals surface area contributed by atoms with Gasteiger partial charge in [0.1, 0.15) is 11.5 Å². The van der Waals surface area contributed by atoms with Gasteiger partial charge in [0.2, 0.25) is 0 Å².